The SMILES string of the molecule is Cc1nc(=O)[nH]c(C)c1CC(=O)N1CC[C@@H](O)C1. The first-order chi connectivity index (χ1) is 8.47. The second-order valence-electron chi connectivity index (χ2n) is 4.69. The fourth-order valence-corrected chi connectivity index (χ4v) is 2.25. The number of nitrogens with zero attached hydrogens (tertiary/aromatic N) is 2. The number of carbonyl (C=O) groups excluding carboxylic acids is 1. The summed E-state index contributed by atoms with van der Waals surface area (Å²) in [6.45, 7) is 4.48. The van der Waals surface area contributed by atoms with E-state index in [0.717, 1.165) is 5.56 Å². The standard InChI is InChI=1S/C12H17N3O3/c1-7-10(8(2)14-12(18)13-7)5-11(17)15-4-3-9(16)6-15/h9,16H,3-6H2,1-2H3,(H,13,14,18)/t9-/m1/s1. The normalized spacial score (nSPS) is 19.3. The van der Waals surface area contributed by atoms with E-state index in [1.54, 1.807) is 18.7 Å². The van der Waals surface area contributed by atoms with E-state index in [0.29, 0.717) is 30.9 Å². The Kier molecular flexibility index (Phi) is 3.47. The van der Waals surface area contributed by atoms with E-state index in [2.05, 4.69) is 9.97 Å². The molecule has 1 aliphatic heterocycles. The number of likely N-dealkylation sites (tertiary alicyclic amines) is 1. The van der Waals surface area contributed by atoms with Crippen molar-refractivity contribution in [3.8, 4) is 0 Å². The smallest absolute Gasteiger partial charge is 0.345 e. The zero-order chi connectivity index (χ0) is 13.3. The molecule has 0 aromatic carbocycles. The maximum absolute atomic E-state index is 12.0. The molecule has 6 heteroatoms. The van der Waals surface area contributed by atoms with Crippen LogP contribution in [0.25, 0.3) is 0 Å². The van der Waals surface area contributed by atoms with Crippen LogP contribution in [0.15, 0.2) is 4.79 Å². The van der Waals surface area contributed by atoms with Gasteiger partial charge < -0.3 is 15.0 Å². The number of aliphatic hydroxyl groups excluding tert-OH is 1. The molecule has 1 atom stereocenters. The number of aliphatic hydroxyl groups is 1. The molecule has 1 saturated heterocycles. The van der Waals surface area contributed by atoms with Crippen molar-refractivity contribution in [2.75, 3.05) is 13.1 Å². The van der Waals surface area contributed by atoms with Gasteiger partial charge in [0, 0.05) is 30.0 Å². The monoisotopic (exact) mass is 251 g/mol. The van der Waals surface area contributed by atoms with Crippen molar-refractivity contribution in [3.05, 3.63) is 27.4 Å². The van der Waals surface area contributed by atoms with Crippen LogP contribution in [0.3, 0.4) is 0 Å². The predicted octanol–water partition coefficient (Wildman–Crippen LogP) is -0.478. The molecular formula is C12H17N3O3. The van der Waals surface area contributed by atoms with Crippen LogP contribution < -0.4 is 5.69 Å². The topological polar surface area (TPSA) is 86.3 Å². The van der Waals surface area contributed by atoms with Crippen molar-refractivity contribution in [2.24, 2.45) is 0 Å². The Morgan fingerprint density at radius 3 is 2.83 bits per heavy atom. The van der Waals surface area contributed by atoms with Gasteiger partial charge in [0.25, 0.3) is 0 Å². The van der Waals surface area contributed by atoms with Crippen molar-refractivity contribution in [1.82, 2.24) is 14.9 Å². The maximum Gasteiger partial charge on any atom is 0.345 e. The number of aromatic amines is 1. The van der Waals surface area contributed by atoms with Crippen molar-refractivity contribution in [2.45, 2.75) is 32.8 Å². The molecule has 1 aromatic rings. The Morgan fingerprint density at radius 2 is 2.28 bits per heavy atom. The molecule has 1 fully saturated rings. The minimum atomic E-state index is -0.412. The third kappa shape index (κ3) is 2.59. The van der Waals surface area contributed by atoms with Crippen LogP contribution in [0, 0.1) is 13.8 Å². The highest BCUT2D eigenvalue weighted by atomic mass is 16.3. The van der Waals surface area contributed by atoms with Crippen LogP contribution in [0.4, 0.5) is 0 Å². The van der Waals surface area contributed by atoms with Crippen LogP contribution in [-0.4, -0.2) is 45.1 Å². The Balaban J connectivity index is 2.14. The van der Waals surface area contributed by atoms with Gasteiger partial charge in [-0.2, -0.15) is 4.98 Å². The number of H-pyrrole nitrogens is 1. The maximum atomic E-state index is 12.0. The molecule has 0 radical (unpaired) electrons. The summed E-state index contributed by atoms with van der Waals surface area (Å²) in [6, 6.07) is 0. The quantitative estimate of drug-likeness (QED) is 0.743. The lowest BCUT2D eigenvalue weighted by molar-refractivity contribution is -0.129. The minimum Gasteiger partial charge on any atom is -0.391 e. The van der Waals surface area contributed by atoms with Crippen LogP contribution in [0.1, 0.15) is 23.4 Å². The Morgan fingerprint density at radius 1 is 1.56 bits per heavy atom. The van der Waals surface area contributed by atoms with Gasteiger partial charge in [-0.25, -0.2) is 4.79 Å². The molecule has 0 saturated carbocycles. The molecule has 2 heterocycles. The summed E-state index contributed by atoms with van der Waals surface area (Å²) in [6.07, 6.45) is 0.437. The highest BCUT2D eigenvalue weighted by Crippen LogP contribution is 2.13. The summed E-state index contributed by atoms with van der Waals surface area (Å²) in [5.74, 6) is -0.0356. The molecule has 0 unspecified atom stereocenters. The van der Waals surface area contributed by atoms with E-state index in [-0.39, 0.29) is 12.3 Å². The van der Waals surface area contributed by atoms with Crippen LogP contribution in [0.2, 0.25) is 0 Å². The molecule has 18 heavy (non-hydrogen) atoms. The molecule has 2 N–H and O–H groups in total. The lowest BCUT2D eigenvalue weighted by Gasteiger charge is -2.16. The number of β-amino-alcohol motifs (C(OH)–C–C–N with tert-alkyl or cyclic N) is 1. The Labute approximate surface area is 105 Å². The molecule has 0 aliphatic carbocycles. The first kappa shape index (κ1) is 12.8. The summed E-state index contributed by atoms with van der Waals surface area (Å²) in [7, 11) is 0. The van der Waals surface area contributed by atoms with E-state index < -0.39 is 11.8 Å². The van der Waals surface area contributed by atoms with Gasteiger partial charge in [0.05, 0.1) is 12.5 Å². The van der Waals surface area contributed by atoms with E-state index in [9.17, 15) is 14.7 Å². The van der Waals surface area contributed by atoms with Gasteiger partial charge in [0.2, 0.25) is 5.91 Å². The first-order valence-electron chi connectivity index (χ1n) is 5.99. The average Bonchev–Trinajstić information content (AvgIpc) is 2.70. The number of aromatic nitrogens is 2. The van der Waals surface area contributed by atoms with Gasteiger partial charge in [-0.05, 0) is 20.3 Å². The molecule has 0 spiro atoms. The fourth-order valence-electron chi connectivity index (χ4n) is 2.25. The number of nitrogens with one attached hydrogen (secondary N) is 1. The van der Waals surface area contributed by atoms with Crippen molar-refractivity contribution >= 4 is 5.91 Å². The molecular weight excluding hydrogens is 234 g/mol. The van der Waals surface area contributed by atoms with Crippen molar-refractivity contribution < 1.29 is 9.90 Å². The summed E-state index contributed by atoms with van der Waals surface area (Å²) >= 11 is 0. The van der Waals surface area contributed by atoms with Gasteiger partial charge >= 0.3 is 5.69 Å². The molecule has 6 nitrogen and oxygen atoms in total. The molecule has 0 bridgehead atoms. The molecule has 1 amide bonds. The van der Waals surface area contributed by atoms with Crippen molar-refractivity contribution in [1.29, 1.82) is 0 Å². The molecule has 1 aliphatic rings. The summed E-state index contributed by atoms with van der Waals surface area (Å²) in [5.41, 5.74) is 1.64. The third-order valence-corrected chi connectivity index (χ3v) is 3.30. The number of hydrogen-bond acceptors (Lipinski definition) is 4. The lowest BCUT2D eigenvalue weighted by Crippen LogP contribution is -2.32. The lowest BCUT2D eigenvalue weighted by atomic mass is 10.1. The number of aryl methyl sites for hydroxylation is 2. The average molecular weight is 251 g/mol. The highest BCUT2D eigenvalue weighted by molar-refractivity contribution is 5.79. The first-order valence-corrected chi connectivity index (χ1v) is 5.99. The molecule has 1 aromatic heterocycles. The second-order valence-corrected chi connectivity index (χ2v) is 4.69. The van der Waals surface area contributed by atoms with Crippen LogP contribution in [0.5, 0.6) is 0 Å². The zero-order valence-corrected chi connectivity index (χ0v) is 10.6. The van der Waals surface area contributed by atoms with Gasteiger partial charge in [-0.15, -0.1) is 0 Å². The summed E-state index contributed by atoms with van der Waals surface area (Å²) in [5, 5.41) is 9.41. The van der Waals surface area contributed by atoms with Gasteiger partial charge in [-0.1, -0.05) is 0 Å². The van der Waals surface area contributed by atoms with E-state index in [1.807, 2.05) is 0 Å². The van der Waals surface area contributed by atoms with Crippen molar-refractivity contribution in [3.63, 3.8) is 0 Å². The molecule has 98 valence electrons. The largest absolute Gasteiger partial charge is 0.391 e. The zero-order valence-electron chi connectivity index (χ0n) is 10.6. The minimum absolute atomic E-state index is 0.0356. The van der Waals surface area contributed by atoms with Gasteiger partial charge in [0.15, 0.2) is 0 Å². The predicted molar refractivity (Wildman–Crippen MR) is 65.2 cm³/mol. The number of amides is 1. The Hall–Kier alpha value is -1.69. The van der Waals surface area contributed by atoms with Gasteiger partial charge in [0.1, 0.15) is 0 Å². The summed E-state index contributed by atoms with van der Waals surface area (Å²) in [4.78, 5) is 31.2. The highest BCUT2D eigenvalue weighted by Gasteiger charge is 2.25. The number of hydrogen-bond donors (Lipinski definition) is 2. The summed E-state index contributed by atoms with van der Waals surface area (Å²) < 4.78 is 0. The third-order valence-electron chi connectivity index (χ3n) is 3.30. The Bertz CT molecular complexity index is 498. The molecule has 2 rings (SSSR count). The van der Waals surface area contributed by atoms with Gasteiger partial charge in [-0.3, -0.25) is 4.79 Å². The van der Waals surface area contributed by atoms with E-state index in [1.165, 1.54) is 0 Å². The van der Waals surface area contributed by atoms with Crippen LogP contribution in [-0.2, 0) is 11.2 Å². The number of carbonyl (C=O) groups is 1. The number of rotatable bonds is 2. The van der Waals surface area contributed by atoms with E-state index in [4.69, 9.17) is 0 Å². The van der Waals surface area contributed by atoms with E-state index >= 15 is 0 Å². The van der Waals surface area contributed by atoms with Crippen LogP contribution >= 0.6 is 0 Å². The second kappa shape index (κ2) is 4.89. The fraction of sp³-hybridized carbons (Fsp3) is 0.583.